The van der Waals surface area contributed by atoms with Gasteiger partial charge < -0.3 is 10.8 Å². The average molecular weight is 192 g/mol. The third kappa shape index (κ3) is 1.26. The van der Waals surface area contributed by atoms with Crippen LogP contribution in [0.25, 0.3) is 0 Å². The van der Waals surface area contributed by atoms with Gasteiger partial charge in [0.05, 0.1) is 6.61 Å². The molecular formula is C9H18ClNO. The van der Waals surface area contributed by atoms with Gasteiger partial charge in [0.1, 0.15) is 0 Å². The summed E-state index contributed by atoms with van der Waals surface area (Å²) >= 11 is 0. The van der Waals surface area contributed by atoms with Crippen LogP contribution in [0.3, 0.4) is 0 Å². The van der Waals surface area contributed by atoms with Crippen LogP contribution in [-0.4, -0.2) is 18.3 Å². The van der Waals surface area contributed by atoms with Gasteiger partial charge >= 0.3 is 0 Å². The molecule has 0 spiro atoms. The van der Waals surface area contributed by atoms with Crippen molar-refractivity contribution >= 4 is 12.4 Å². The molecule has 0 amide bonds. The highest BCUT2D eigenvalue weighted by molar-refractivity contribution is 5.85. The molecule has 0 radical (unpaired) electrons. The van der Waals surface area contributed by atoms with Gasteiger partial charge in [0.2, 0.25) is 0 Å². The van der Waals surface area contributed by atoms with Crippen LogP contribution in [0.15, 0.2) is 0 Å². The molecule has 2 bridgehead atoms. The molecule has 0 saturated heterocycles. The first-order chi connectivity index (χ1) is 5.30. The predicted molar refractivity (Wildman–Crippen MR) is 51.3 cm³/mol. The van der Waals surface area contributed by atoms with E-state index in [9.17, 15) is 5.11 Å². The normalized spacial score (nSPS) is 44.5. The fraction of sp³-hybridized carbons (Fsp3) is 1.00. The van der Waals surface area contributed by atoms with E-state index in [0.717, 1.165) is 11.8 Å². The minimum absolute atomic E-state index is 0. The van der Waals surface area contributed by atoms with Crippen molar-refractivity contribution in [3.05, 3.63) is 0 Å². The van der Waals surface area contributed by atoms with Crippen LogP contribution >= 0.6 is 12.4 Å². The van der Waals surface area contributed by atoms with E-state index in [4.69, 9.17) is 5.73 Å². The maximum atomic E-state index is 9.26. The monoisotopic (exact) mass is 191 g/mol. The molecule has 2 fully saturated rings. The van der Waals surface area contributed by atoms with Gasteiger partial charge in [-0.2, -0.15) is 0 Å². The van der Waals surface area contributed by atoms with Crippen molar-refractivity contribution < 1.29 is 5.11 Å². The fourth-order valence-electron chi connectivity index (χ4n) is 3.07. The maximum absolute atomic E-state index is 9.26. The summed E-state index contributed by atoms with van der Waals surface area (Å²) in [5.74, 6) is 1.62. The number of hydrogen-bond acceptors (Lipinski definition) is 2. The summed E-state index contributed by atoms with van der Waals surface area (Å²) in [6.45, 7) is 0.995. The second-order valence-electron chi connectivity index (χ2n) is 4.30. The Labute approximate surface area is 79.9 Å². The van der Waals surface area contributed by atoms with E-state index in [0.29, 0.717) is 13.2 Å². The summed E-state index contributed by atoms with van der Waals surface area (Å²) in [4.78, 5) is 0. The molecule has 2 saturated carbocycles. The minimum Gasteiger partial charge on any atom is -0.396 e. The smallest absolute Gasteiger partial charge is 0.0502 e. The van der Waals surface area contributed by atoms with Crippen LogP contribution in [0.1, 0.15) is 25.7 Å². The summed E-state index contributed by atoms with van der Waals surface area (Å²) in [5, 5.41) is 9.26. The van der Waals surface area contributed by atoms with E-state index in [-0.39, 0.29) is 17.8 Å². The summed E-state index contributed by atoms with van der Waals surface area (Å²) in [7, 11) is 0. The van der Waals surface area contributed by atoms with Gasteiger partial charge in [-0.3, -0.25) is 0 Å². The van der Waals surface area contributed by atoms with Gasteiger partial charge in [0, 0.05) is 12.0 Å². The third-order valence-electron chi connectivity index (χ3n) is 3.82. The van der Waals surface area contributed by atoms with Crippen molar-refractivity contribution in [3.63, 3.8) is 0 Å². The highest BCUT2D eigenvalue weighted by Gasteiger charge is 2.49. The van der Waals surface area contributed by atoms with Gasteiger partial charge in [-0.1, -0.05) is 6.42 Å². The first kappa shape index (κ1) is 10.3. The Kier molecular flexibility index (Phi) is 3.02. The van der Waals surface area contributed by atoms with Crippen LogP contribution in [0.2, 0.25) is 0 Å². The zero-order valence-electron chi connectivity index (χ0n) is 7.33. The first-order valence-electron chi connectivity index (χ1n) is 4.62. The Morgan fingerprint density at radius 2 is 2.17 bits per heavy atom. The Balaban J connectivity index is 0.000000720. The molecule has 0 aromatic carbocycles. The van der Waals surface area contributed by atoms with Gasteiger partial charge in [0.15, 0.2) is 0 Å². The van der Waals surface area contributed by atoms with Crippen molar-refractivity contribution in [2.24, 2.45) is 23.0 Å². The Hall–Kier alpha value is 0.210. The molecule has 0 aromatic rings. The minimum atomic E-state index is 0. The molecule has 3 N–H and O–H groups in total. The summed E-state index contributed by atoms with van der Waals surface area (Å²) < 4.78 is 0. The SMILES string of the molecule is Cl.NCC1(CO)CC2CCC1C2. The number of halogens is 1. The quantitative estimate of drug-likeness (QED) is 0.689. The van der Waals surface area contributed by atoms with E-state index >= 15 is 0 Å². The Bertz CT molecular complexity index is 159. The van der Waals surface area contributed by atoms with Crippen molar-refractivity contribution in [2.45, 2.75) is 25.7 Å². The molecule has 2 aliphatic carbocycles. The van der Waals surface area contributed by atoms with E-state index in [2.05, 4.69) is 0 Å². The molecule has 3 atom stereocenters. The van der Waals surface area contributed by atoms with E-state index in [1.165, 1.54) is 25.7 Å². The topological polar surface area (TPSA) is 46.2 Å². The maximum Gasteiger partial charge on any atom is 0.0502 e. The molecule has 0 aliphatic heterocycles. The van der Waals surface area contributed by atoms with Gasteiger partial charge in [0.25, 0.3) is 0 Å². The lowest BCUT2D eigenvalue weighted by atomic mass is 9.74. The van der Waals surface area contributed by atoms with E-state index in [1.807, 2.05) is 0 Å². The Morgan fingerprint density at radius 1 is 1.42 bits per heavy atom. The summed E-state index contributed by atoms with van der Waals surface area (Å²) in [6.07, 6.45) is 5.21. The lowest BCUT2D eigenvalue weighted by Gasteiger charge is -2.34. The number of aliphatic hydroxyl groups excluding tert-OH is 1. The number of aliphatic hydroxyl groups is 1. The molecule has 0 aromatic heterocycles. The van der Waals surface area contributed by atoms with Crippen LogP contribution in [0.5, 0.6) is 0 Å². The Morgan fingerprint density at radius 3 is 2.42 bits per heavy atom. The lowest BCUT2D eigenvalue weighted by Crippen LogP contribution is -2.39. The number of hydrogen-bond donors (Lipinski definition) is 2. The standard InChI is InChI=1S/C9H17NO.ClH/c10-5-9(6-11)4-7-1-2-8(9)3-7;/h7-8,11H,1-6,10H2;1H. The second kappa shape index (κ2) is 3.52. The zero-order chi connectivity index (χ0) is 7.90. The summed E-state index contributed by atoms with van der Waals surface area (Å²) in [6, 6.07) is 0. The molecule has 2 aliphatic rings. The highest BCUT2D eigenvalue weighted by Crippen LogP contribution is 2.55. The van der Waals surface area contributed by atoms with Crippen LogP contribution in [-0.2, 0) is 0 Å². The number of rotatable bonds is 2. The molecule has 0 heterocycles. The van der Waals surface area contributed by atoms with Crippen molar-refractivity contribution in [1.29, 1.82) is 0 Å². The number of fused-ring (bicyclic) bond motifs is 2. The summed E-state index contributed by atoms with van der Waals surface area (Å²) in [5.41, 5.74) is 5.83. The van der Waals surface area contributed by atoms with Gasteiger partial charge in [-0.15, -0.1) is 12.4 Å². The largest absolute Gasteiger partial charge is 0.396 e. The molecule has 3 unspecified atom stereocenters. The zero-order valence-corrected chi connectivity index (χ0v) is 8.15. The molecular weight excluding hydrogens is 174 g/mol. The fourth-order valence-corrected chi connectivity index (χ4v) is 3.07. The van der Waals surface area contributed by atoms with Crippen LogP contribution in [0.4, 0.5) is 0 Å². The molecule has 12 heavy (non-hydrogen) atoms. The van der Waals surface area contributed by atoms with E-state index in [1.54, 1.807) is 0 Å². The van der Waals surface area contributed by atoms with Gasteiger partial charge in [-0.25, -0.2) is 0 Å². The second-order valence-corrected chi connectivity index (χ2v) is 4.30. The molecule has 72 valence electrons. The van der Waals surface area contributed by atoms with E-state index < -0.39 is 0 Å². The molecule has 2 rings (SSSR count). The van der Waals surface area contributed by atoms with Crippen molar-refractivity contribution in [1.82, 2.24) is 0 Å². The highest BCUT2D eigenvalue weighted by atomic mass is 35.5. The third-order valence-corrected chi connectivity index (χ3v) is 3.82. The molecule has 3 heteroatoms. The van der Waals surface area contributed by atoms with Crippen molar-refractivity contribution in [3.8, 4) is 0 Å². The first-order valence-corrected chi connectivity index (χ1v) is 4.62. The average Bonchev–Trinajstić information content (AvgIpc) is 2.62. The lowest BCUT2D eigenvalue weighted by molar-refractivity contribution is 0.0734. The van der Waals surface area contributed by atoms with Crippen LogP contribution in [0, 0.1) is 17.3 Å². The molecule has 2 nitrogen and oxygen atoms in total. The predicted octanol–water partition coefficient (Wildman–Crippen LogP) is 1.17. The number of nitrogens with two attached hydrogens (primary N) is 1. The van der Waals surface area contributed by atoms with Crippen LogP contribution < -0.4 is 5.73 Å². The van der Waals surface area contributed by atoms with Crippen molar-refractivity contribution in [2.75, 3.05) is 13.2 Å². The van der Waals surface area contributed by atoms with Gasteiger partial charge in [-0.05, 0) is 31.1 Å².